The molecule has 0 aliphatic carbocycles. The number of hydrogen-bond donors (Lipinski definition) is 13. The van der Waals surface area contributed by atoms with Crippen molar-refractivity contribution in [3.8, 4) is 0 Å². The van der Waals surface area contributed by atoms with Crippen LogP contribution in [-0.2, 0) is 43.2 Å². The lowest BCUT2D eigenvalue weighted by atomic mass is 9.97. The molecule has 396 valence electrons. The van der Waals surface area contributed by atoms with Gasteiger partial charge in [-0.2, -0.15) is 0 Å². The molecule has 0 fully saturated rings. The summed E-state index contributed by atoms with van der Waals surface area (Å²) in [4.78, 5) is 124. The highest BCUT2D eigenvalue weighted by Gasteiger charge is 2.36. The second kappa shape index (κ2) is 33.0. The zero-order valence-electron chi connectivity index (χ0n) is 42.9. The van der Waals surface area contributed by atoms with Gasteiger partial charge in [-0.05, 0) is 94.4 Å². The van der Waals surface area contributed by atoms with Gasteiger partial charge in [-0.3, -0.25) is 43.3 Å². The highest BCUT2D eigenvalue weighted by atomic mass is 16.4. The second-order valence-corrected chi connectivity index (χ2v) is 19.4. The number of aliphatic carboxylic acids is 1. The fourth-order valence-corrected chi connectivity index (χ4v) is 7.10. The number of aliphatic imine (C=N–C) groups is 1. The number of carboxylic acid groups (broad SMARTS) is 1. The van der Waals surface area contributed by atoms with E-state index in [0.717, 1.165) is 0 Å². The van der Waals surface area contributed by atoms with Gasteiger partial charge in [0.25, 0.3) is 0 Å². The predicted octanol–water partition coefficient (Wildman–Crippen LogP) is -1.05. The van der Waals surface area contributed by atoms with Crippen LogP contribution in [0.2, 0.25) is 0 Å². The molecule has 9 atom stereocenters. The molecule has 0 radical (unpaired) electrons. The van der Waals surface area contributed by atoms with Gasteiger partial charge in [-0.25, -0.2) is 4.79 Å². The maximum Gasteiger partial charge on any atom is 0.326 e. The van der Waals surface area contributed by atoms with E-state index in [1.165, 1.54) is 6.92 Å². The summed E-state index contributed by atoms with van der Waals surface area (Å²) in [6.45, 7) is 19.4. The molecule has 0 aromatic carbocycles. The predicted molar refractivity (Wildman–Crippen MR) is 263 cm³/mol. The first-order valence-electron chi connectivity index (χ1n) is 24.3. The second-order valence-electron chi connectivity index (χ2n) is 19.4. The number of nitrogens with zero attached hydrogens (tertiary/aromatic N) is 1. The molecule has 0 aromatic heterocycles. The van der Waals surface area contributed by atoms with Crippen LogP contribution in [0.15, 0.2) is 4.99 Å². The lowest BCUT2D eigenvalue weighted by Crippen LogP contribution is -2.61. The minimum Gasteiger partial charge on any atom is -0.480 e. The van der Waals surface area contributed by atoms with Crippen LogP contribution in [0, 0.1) is 29.6 Å². The highest BCUT2D eigenvalue weighted by Crippen LogP contribution is 2.14. The molecule has 0 heterocycles. The SMILES string of the molecule is CC[C@H](C)[C@H](NC(=O)[C@H](CCCN=C(N)N)NC(=O)[C@H](CC(C)C)NC(=O)CN)C(=O)N[C@@H](C)C(=O)N[C@@H](CC(C)C)C(=O)N[C@@H](CC(C)C)C(=O)N[C@@H](CCCCN)C(=O)N[C@H](C(=O)O)C(C)C. The maximum atomic E-state index is 14.0. The van der Waals surface area contributed by atoms with E-state index >= 15 is 0 Å². The smallest absolute Gasteiger partial charge is 0.326 e. The molecule has 8 amide bonds. The molecule has 23 heteroatoms. The van der Waals surface area contributed by atoms with Crippen LogP contribution in [0.1, 0.15) is 134 Å². The molecule has 0 saturated carbocycles. The van der Waals surface area contributed by atoms with Gasteiger partial charge in [0.15, 0.2) is 5.96 Å². The Morgan fingerprint density at radius 3 is 1.29 bits per heavy atom. The molecule has 0 bridgehead atoms. The van der Waals surface area contributed by atoms with Gasteiger partial charge in [0.2, 0.25) is 47.3 Å². The van der Waals surface area contributed by atoms with Crippen molar-refractivity contribution in [2.24, 2.45) is 57.5 Å². The van der Waals surface area contributed by atoms with E-state index in [4.69, 9.17) is 22.9 Å². The van der Waals surface area contributed by atoms with Gasteiger partial charge in [0, 0.05) is 6.54 Å². The summed E-state index contributed by atoms with van der Waals surface area (Å²) in [6, 6.07) is -9.29. The zero-order valence-corrected chi connectivity index (χ0v) is 42.9. The molecule has 23 nitrogen and oxygen atoms in total. The topological polar surface area (TPSA) is 387 Å². The van der Waals surface area contributed by atoms with E-state index in [9.17, 15) is 48.3 Å². The van der Waals surface area contributed by atoms with E-state index in [-0.39, 0.29) is 75.3 Å². The molecule has 0 rings (SSSR count). The third-order valence-corrected chi connectivity index (χ3v) is 11.2. The van der Waals surface area contributed by atoms with Crippen LogP contribution in [0.4, 0.5) is 0 Å². The molecule has 69 heavy (non-hydrogen) atoms. The first kappa shape index (κ1) is 63.4. The van der Waals surface area contributed by atoms with Crippen molar-refractivity contribution in [1.82, 2.24) is 42.5 Å². The zero-order chi connectivity index (χ0) is 53.1. The van der Waals surface area contributed by atoms with E-state index in [2.05, 4.69) is 47.5 Å². The van der Waals surface area contributed by atoms with Gasteiger partial charge in [0.05, 0.1) is 6.54 Å². The summed E-state index contributed by atoms with van der Waals surface area (Å²) in [5.41, 5.74) is 22.1. The number of guanidine groups is 1. The quantitative estimate of drug-likeness (QED) is 0.0208. The van der Waals surface area contributed by atoms with Crippen molar-refractivity contribution in [1.29, 1.82) is 0 Å². The first-order valence-corrected chi connectivity index (χ1v) is 24.3. The largest absolute Gasteiger partial charge is 0.480 e. The van der Waals surface area contributed by atoms with Crippen LogP contribution < -0.4 is 65.5 Å². The Kier molecular flexibility index (Phi) is 30.4. The van der Waals surface area contributed by atoms with Crippen molar-refractivity contribution in [2.75, 3.05) is 19.6 Å². The van der Waals surface area contributed by atoms with Gasteiger partial charge >= 0.3 is 5.97 Å². The summed E-state index contributed by atoms with van der Waals surface area (Å²) < 4.78 is 0. The molecular weight excluding hydrogens is 895 g/mol. The molecule has 17 N–H and O–H groups in total. The number of hydrogen-bond acceptors (Lipinski definition) is 12. The number of carbonyl (C=O) groups is 9. The van der Waals surface area contributed by atoms with E-state index in [1.807, 2.05) is 41.5 Å². The molecule has 0 saturated heterocycles. The van der Waals surface area contributed by atoms with E-state index < -0.39 is 113 Å². The Morgan fingerprint density at radius 1 is 0.493 bits per heavy atom. The minimum atomic E-state index is -1.23. The number of carboxylic acids is 1. The van der Waals surface area contributed by atoms with Crippen molar-refractivity contribution >= 4 is 59.2 Å². The summed E-state index contributed by atoms with van der Waals surface area (Å²) >= 11 is 0. The highest BCUT2D eigenvalue weighted by molar-refractivity contribution is 5.98. The minimum absolute atomic E-state index is 0.0165. The number of amides is 8. The molecule has 0 aliphatic rings. The van der Waals surface area contributed by atoms with Crippen LogP contribution in [0.5, 0.6) is 0 Å². The standard InChI is InChI=1S/C46H87N13O10/c1-12-28(10)37(59-40(63)31(17-15-19-51-46(49)50)55-41(64)32(20-24(2)3)53-35(60)23-48)44(67)52-29(11)38(61)56-33(21-25(4)5)43(66)57-34(22-26(6)7)42(65)54-30(16-13-14-18-47)39(62)58-36(27(8)9)45(68)69/h24-34,36-37H,12-23,47-48H2,1-11H3,(H,52,67)(H,53,60)(H,54,65)(H,55,64)(H,56,61)(H,57,66)(H,58,62)(H,59,63)(H,68,69)(H4,49,50,51)/t28-,29-,30-,31-,32-,33-,34-,36-,37-/m0/s1. The summed E-state index contributed by atoms with van der Waals surface area (Å²) in [5.74, 6) is -8.00. The van der Waals surface area contributed by atoms with Crippen molar-refractivity contribution in [3.63, 3.8) is 0 Å². The fraction of sp³-hybridized carbons (Fsp3) is 0.783. The molecule has 0 aromatic rings. The third-order valence-electron chi connectivity index (χ3n) is 11.2. The lowest BCUT2D eigenvalue weighted by Gasteiger charge is -2.29. The molecule has 0 unspecified atom stereocenters. The molecular formula is C46H87N13O10. The van der Waals surface area contributed by atoms with Crippen molar-refractivity contribution < 1.29 is 48.3 Å². The Labute approximate surface area is 408 Å². The van der Waals surface area contributed by atoms with Crippen molar-refractivity contribution in [3.05, 3.63) is 0 Å². The van der Waals surface area contributed by atoms with Gasteiger partial charge in [0.1, 0.15) is 48.3 Å². The van der Waals surface area contributed by atoms with E-state index in [0.29, 0.717) is 25.8 Å². The van der Waals surface area contributed by atoms with Crippen molar-refractivity contribution in [2.45, 2.75) is 182 Å². The van der Waals surface area contributed by atoms with Gasteiger partial charge < -0.3 is 70.6 Å². The van der Waals surface area contributed by atoms with Crippen LogP contribution >= 0.6 is 0 Å². The average molecular weight is 982 g/mol. The number of unbranched alkanes of at least 4 members (excludes halogenated alkanes) is 1. The summed E-state index contributed by atoms with van der Waals surface area (Å²) in [6.07, 6.45) is 2.42. The number of carbonyl (C=O) groups excluding carboxylic acids is 8. The summed E-state index contributed by atoms with van der Waals surface area (Å²) in [7, 11) is 0. The Balaban J connectivity index is 6.43. The Morgan fingerprint density at radius 2 is 0.899 bits per heavy atom. The lowest BCUT2D eigenvalue weighted by molar-refractivity contribution is -0.143. The van der Waals surface area contributed by atoms with Gasteiger partial charge in [-0.1, -0.05) is 75.7 Å². The molecule has 0 aliphatic heterocycles. The van der Waals surface area contributed by atoms with Gasteiger partial charge in [-0.15, -0.1) is 0 Å². The van der Waals surface area contributed by atoms with Crippen LogP contribution in [0.25, 0.3) is 0 Å². The Hall–Kier alpha value is -5.58. The van der Waals surface area contributed by atoms with Crippen LogP contribution in [-0.4, -0.2) is 132 Å². The fourth-order valence-electron chi connectivity index (χ4n) is 7.10. The number of nitrogens with one attached hydrogen (secondary N) is 8. The summed E-state index contributed by atoms with van der Waals surface area (Å²) in [5, 5.41) is 31.0. The third kappa shape index (κ3) is 25.6. The first-order chi connectivity index (χ1) is 32.2. The number of rotatable bonds is 34. The Bertz CT molecular complexity index is 1710. The normalized spacial score (nSPS) is 15.3. The average Bonchev–Trinajstić information content (AvgIpc) is 3.25. The van der Waals surface area contributed by atoms with E-state index in [1.54, 1.807) is 27.7 Å². The monoisotopic (exact) mass is 982 g/mol. The number of nitrogens with two attached hydrogens (primary N) is 4. The van der Waals surface area contributed by atoms with Crippen LogP contribution in [0.3, 0.4) is 0 Å². The molecule has 0 spiro atoms. The maximum absolute atomic E-state index is 14.0.